The predicted octanol–water partition coefficient (Wildman–Crippen LogP) is 10.2. The highest BCUT2D eigenvalue weighted by Crippen LogP contribution is 2.58. The number of unbranched alkanes of at least 4 members (excludes halogenated alkanes) is 10. The Kier molecular flexibility index (Phi) is 10.5. The molecule has 1 aliphatic rings. The molecule has 0 radical (unpaired) electrons. The van der Waals surface area contributed by atoms with Crippen LogP contribution in [0.3, 0.4) is 0 Å². The van der Waals surface area contributed by atoms with Crippen LogP contribution in [0.5, 0.6) is 0 Å². The number of nitrogen functional groups attached to an aromatic ring is 1. The van der Waals surface area contributed by atoms with E-state index in [1.165, 1.54) is 123 Å². The summed E-state index contributed by atoms with van der Waals surface area (Å²) < 4.78 is 0. The summed E-state index contributed by atoms with van der Waals surface area (Å²) in [6.07, 6.45) is 18.3. The second kappa shape index (κ2) is 14.0. The highest BCUT2D eigenvalue weighted by molar-refractivity contribution is 5.93. The lowest BCUT2D eigenvalue weighted by molar-refractivity contribution is 0.398. The van der Waals surface area contributed by atoms with Crippen LogP contribution in [0.15, 0.2) is 60.7 Å². The Balaban J connectivity index is 1.76. The minimum Gasteiger partial charge on any atom is -0.398 e. The Hall–Kier alpha value is -2.58. The van der Waals surface area contributed by atoms with Crippen molar-refractivity contribution < 1.29 is 0 Å². The molecule has 2 nitrogen and oxygen atoms in total. The molecule has 0 aliphatic heterocycles. The van der Waals surface area contributed by atoms with Crippen molar-refractivity contribution in [1.82, 2.24) is 0 Å². The van der Waals surface area contributed by atoms with Crippen molar-refractivity contribution in [2.45, 2.75) is 116 Å². The van der Waals surface area contributed by atoms with Gasteiger partial charge in [0.15, 0.2) is 0 Å². The monoisotopic (exact) mass is 510 g/mol. The average Bonchev–Trinajstić information content (AvgIpc) is 3.22. The van der Waals surface area contributed by atoms with Crippen LogP contribution >= 0.6 is 0 Å². The number of hydrogen-bond acceptors (Lipinski definition) is 2. The largest absolute Gasteiger partial charge is 0.398 e. The summed E-state index contributed by atoms with van der Waals surface area (Å²) in [5, 5.41) is 0. The SMILES string of the molecule is CCCCCCCCC1(CCCCCCCC)c2ccccc2-c2ccc(N)c(-c3ccc(CN)cc3)c21. The van der Waals surface area contributed by atoms with Crippen molar-refractivity contribution in [3.8, 4) is 22.3 Å². The van der Waals surface area contributed by atoms with Crippen LogP contribution in [0.1, 0.15) is 120 Å². The predicted molar refractivity (Wildman–Crippen MR) is 166 cm³/mol. The van der Waals surface area contributed by atoms with Crippen LogP contribution in [-0.4, -0.2) is 0 Å². The third kappa shape index (κ3) is 6.18. The van der Waals surface area contributed by atoms with Crippen molar-refractivity contribution in [3.05, 3.63) is 77.4 Å². The summed E-state index contributed by atoms with van der Waals surface area (Å²) in [5.41, 5.74) is 23.2. The first-order valence-electron chi connectivity index (χ1n) is 15.5. The van der Waals surface area contributed by atoms with Crippen molar-refractivity contribution in [1.29, 1.82) is 0 Å². The lowest BCUT2D eigenvalue weighted by Crippen LogP contribution is -2.26. The van der Waals surface area contributed by atoms with Gasteiger partial charge in [0.05, 0.1) is 0 Å². The molecule has 0 heterocycles. The molecule has 2 heteroatoms. The van der Waals surface area contributed by atoms with E-state index in [9.17, 15) is 0 Å². The maximum Gasteiger partial charge on any atom is 0.0397 e. The van der Waals surface area contributed by atoms with Gasteiger partial charge in [0.2, 0.25) is 0 Å². The molecular formula is C36H50N2. The van der Waals surface area contributed by atoms with Gasteiger partial charge in [-0.3, -0.25) is 0 Å². The fourth-order valence-corrected chi connectivity index (χ4v) is 6.79. The third-order valence-electron chi connectivity index (χ3n) is 8.84. The number of fused-ring (bicyclic) bond motifs is 3. The van der Waals surface area contributed by atoms with E-state index in [2.05, 4.69) is 74.5 Å². The second-order valence-corrected chi connectivity index (χ2v) is 11.5. The summed E-state index contributed by atoms with van der Waals surface area (Å²) in [6, 6.07) is 22.4. The zero-order chi connectivity index (χ0) is 26.8. The van der Waals surface area contributed by atoms with E-state index in [4.69, 9.17) is 11.5 Å². The molecule has 1 aliphatic carbocycles. The normalized spacial score (nSPS) is 13.4. The average molecular weight is 511 g/mol. The molecule has 0 saturated heterocycles. The van der Waals surface area contributed by atoms with Crippen LogP contribution in [0.25, 0.3) is 22.3 Å². The summed E-state index contributed by atoms with van der Waals surface area (Å²) in [5.74, 6) is 0. The smallest absolute Gasteiger partial charge is 0.0397 e. The van der Waals surface area contributed by atoms with Crippen molar-refractivity contribution >= 4 is 5.69 Å². The van der Waals surface area contributed by atoms with Gasteiger partial charge in [-0.15, -0.1) is 0 Å². The van der Waals surface area contributed by atoms with Crippen molar-refractivity contribution in [2.75, 3.05) is 5.73 Å². The minimum atomic E-state index is 0.0265. The van der Waals surface area contributed by atoms with Crippen LogP contribution in [0, 0.1) is 0 Å². The van der Waals surface area contributed by atoms with Crippen molar-refractivity contribution in [3.63, 3.8) is 0 Å². The molecule has 3 aromatic carbocycles. The summed E-state index contributed by atoms with van der Waals surface area (Å²) in [4.78, 5) is 0. The first-order valence-corrected chi connectivity index (χ1v) is 15.5. The van der Waals surface area contributed by atoms with Gasteiger partial charge >= 0.3 is 0 Å². The molecule has 0 amide bonds. The van der Waals surface area contributed by atoms with Gasteiger partial charge in [0, 0.05) is 23.2 Å². The molecule has 0 fully saturated rings. The van der Waals surface area contributed by atoms with Gasteiger partial charge in [-0.05, 0) is 52.3 Å². The molecular weight excluding hydrogens is 460 g/mol. The van der Waals surface area contributed by atoms with E-state index >= 15 is 0 Å². The van der Waals surface area contributed by atoms with Gasteiger partial charge in [0.25, 0.3) is 0 Å². The number of hydrogen-bond donors (Lipinski definition) is 2. The minimum absolute atomic E-state index is 0.0265. The molecule has 0 spiro atoms. The topological polar surface area (TPSA) is 52.0 Å². The zero-order valence-electron chi connectivity index (χ0n) is 24.0. The summed E-state index contributed by atoms with van der Waals surface area (Å²) >= 11 is 0. The molecule has 0 aromatic heterocycles. The fourth-order valence-electron chi connectivity index (χ4n) is 6.79. The van der Waals surface area contributed by atoms with Crippen LogP contribution < -0.4 is 11.5 Å². The number of benzene rings is 3. The van der Waals surface area contributed by atoms with Gasteiger partial charge < -0.3 is 11.5 Å². The molecule has 4 rings (SSSR count). The molecule has 204 valence electrons. The standard InChI is InChI=1S/C36H50N2/c1-3-5-7-9-11-15-25-36(26-16-12-10-8-6-4-2)32-18-14-13-17-30(32)31-23-24-33(38)34(35(31)36)29-21-19-28(27-37)20-22-29/h13-14,17-24H,3-12,15-16,25-27,37-38H2,1-2H3. The Labute approximate surface area is 232 Å². The Morgan fingerprint density at radius 3 is 1.79 bits per heavy atom. The lowest BCUT2D eigenvalue weighted by Gasteiger charge is -2.35. The molecule has 38 heavy (non-hydrogen) atoms. The molecule has 3 aromatic rings. The van der Waals surface area contributed by atoms with E-state index < -0.39 is 0 Å². The first-order chi connectivity index (χ1) is 18.7. The molecule has 0 unspecified atom stereocenters. The molecule has 0 atom stereocenters. The maximum atomic E-state index is 6.85. The Morgan fingerprint density at radius 1 is 0.605 bits per heavy atom. The number of nitrogens with two attached hydrogens (primary N) is 2. The van der Waals surface area contributed by atoms with E-state index in [1.807, 2.05) is 0 Å². The Bertz CT molecular complexity index is 1130. The van der Waals surface area contributed by atoms with Gasteiger partial charge in [-0.2, -0.15) is 0 Å². The molecule has 4 N–H and O–H groups in total. The van der Waals surface area contributed by atoms with Gasteiger partial charge in [-0.1, -0.05) is 145 Å². The molecule has 0 bridgehead atoms. The van der Waals surface area contributed by atoms with Gasteiger partial charge in [0.1, 0.15) is 0 Å². The number of anilines is 1. The summed E-state index contributed by atoms with van der Waals surface area (Å²) in [6.45, 7) is 5.16. The summed E-state index contributed by atoms with van der Waals surface area (Å²) in [7, 11) is 0. The third-order valence-corrected chi connectivity index (χ3v) is 8.84. The Morgan fingerprint density at radius 2 is 1.18 bits per heavy atom. The van der Waals surface area contributed by atoms with Crippen LogP contribution in [0.4, 0.5) is 5.69 Å². The van der Waals surface area contributed by atoms with E-state index in [1.54, 1.807) is 0 Å². The number of rotatable bonds is 16. The van der Waals surface area contributed by atoms with Crippen LogP contribution in [-0.2, 0) is 12.0 Å². The quantitative estimate of drug-likeness (QED) is 0.149. The maximum absolute atomic E-state index is 6.85. The zero-order valence-corrected chi connectivity index (χ0v) is 24.0. The highest BCUT2D eigenvalue weighted by Gasteiger charge is 2.44. The first kappa shape index (κ1) is 28.4. The highest BCUT2D eigenvalue weighted by atomic mass is 14.6. The van der Waals surface area contributed by atoms with Crippen molar-refractivity contribution in [2.24, 2.45) is 5.73 Å². The fraction of sp³-hybridized carbons (Fsp3) is 0.500. The van der Waals surface area contributed by atoms with Gasteiger partial charge in [-0.25, -0.2) is 0 Å². The van der Waals surface area contributed by atoms with Crippen LogP contribution in [0.2, 0.25) is 0 Å². The van der Waals surface area contributed by atoms with E-state index in [-0.39, 0.29) is 5.41 Å². The second-order valence-electron chi connectivity index (χ2n) is 11.5. The van der Waals surface area contributed by atoms with E-state index in [0.29, 0.717) is 6.54 Å². The van der Waals surface area contributed by atoms with E-state index in [0.717, 1.165) is 11.3 Å². The lowest BCUT2D eigenvalue weighted by atomic mass is 9.68. The molecule has 0 saturated carbocycles.